The lowest BCUT2D eigenvalue weighted by Gasteiger charge is -2.60. The first-order valence-electron chi connectivity index (χ1n) is 10.2. The highest BCUT2D eigenvalue weighted by molar-refractivity contribution is 5.67. The van der Waals surface area contributed by atoms with Crippen LogP contribution in [-0.2, 0) is 9.53 Å². The SMILES string of the molecule is C#C[C@@]1(OC(C)=O)CC[C@H]2[C@@H]3CC[C@H]4CC=CC[C@]4(C)[C@H]3CC[C@@]21C. The number of esters is 1. The van der Waals surface area contributed by atoms with Gasteiger partial charge in [0.05, 0.1) is 0 Å². The summed E-state index contributed by atoms with van der Waals surface area (Å²) in [6.45, 7) is 6.37. The van der Waals surface area contributed by atoms with E-state index < -0.39 is 5.60 Å². The van der Waals surface area contributed by atoms with Crippen LogP contribution >= 0.6 is 0 Å². The molecule has 3 fully saturated rings. The number of fused-ring (bicyclic) bond motifs is 5. The Balaban J connectivity index is 1.67. The molecule has 7 atom stereocenters. The lowest BCUT2D eigenvalue weighted by atomic mass is 9.45. The van der Waals surface area contributed by atoms with Gasteiger partial charge in [0.2, 0.25) is 0 Å². The summed E-state index contributed by atoms with van der Waals surface area (Å²) in [6.07, 6.45) is 20.3. The van der Waals surface area contributed by atoms with E-state index in [0.717, 1.165) is 37.0 Å². The predicted molar refractivity (Wildman–Crippen MR) is 99.6 cm³/mol. The molecule has 0 aromatic rings. The zero-order valence-corrected chi connectivity index (χ0v) is 16.0. The molecule has 0 radical (unpaired) electrons. The smallest absolute Gasteiger partial charge is 0.304 e. The Hall–Kier alpha value is -1.23. The highest BCUT2D eigenvalue weighted by Crippen LogP contribution is 2.68. The van der Waals surface area contributed by atoms with Crippen molar-refractivity contribution in [3.05, 3.63) is 12.2 Å². The molecule has 136 valence electrons. The number of rotatable bonds is 1. The molecule has 4 rings (SSSR count). The van der Waals surface area contributed by atoms with Crippen LogP contribution in [0.4, 0.5) is 0 Å². The van der Waals surface area contributed by atoms with Gasteiger partial charge in [-0.1, -0.05) is 31.9 Å². The van der Waals surface area contributed by atoms with Gasteiger partial charge in [-0.25, -0.2) is 0 Å². The number of hydrogen-bond acceptors (Lipinski definition) is 2. The van der Waals surface area contributed by atoms with E-state index in [4.69, 9.17) is 11.2 Å². The second kappa shape index (κ2) is 5.63. The van der Waals surface area contributed by atoms with Crippen LogP contribution in [0.5, 0.6) is 0 Å². The third-order valence-corrected chi connectivity index (χ3v) is 8.88. The minimum atomic E-state index is -0.682. The molecule has 2 nitrogen and oxygen atoms in total. The van der Waals surface area contributed by atoms with Crippen molar-refractivity contribution in [3.63, 3.8) is 0 Å². The van der Waals surface area contributed by atoms with Crippen LogP contribution in [-0.4, -0.2) is 11.6 Å². The van der Waals surface area contributed by atoms with Crippen molar-refractivity contribution in [1.29, 1.82) is 0 Å². The quantitative estimate of drug-likeness (QED) is 0.376. The van der Waals surface area contributed by atoms with E-state index in [9.17, 15) is 4.79 Å². The van der Waals surface area contributed by atoms with Crippen LogP contribution in [0.1, 0.15) is 72.1 Å². The lowest BCUT2D eigenvalue weighted by molar-refractivity contribution is -0.172. The third kappa shape index (κ3) is 2.20. The Labute approximate surface area is 152 Å². The number of ether oxygens (including phenoxy) is 1. The fourth-order valence-corrected chi connectivity index (χ4v) is 7.52. The molecule has 0 aromatic heterocycles. The van der Waals surface area contributed by atoms with Crippen LogP contribution in [0.3, 0.4) is 0 Å². The molecule has 2 heteroatoms. The molecule has 0 spiro atoms. The normalized spacial score (nSPS) is 51.0. The van der Waals surface area contributed by atoms with Gasteiger partial charge in [-0.2, -0.15) is 0 Å². The second-order valence-electron chi connectivity index (χ2n) is 9.63. The summed E-state index contributed by atoms with van der Waals surface area (Å²) in [7, 11) is 0. The van der Waals surface area contributed by atoms with E-state index in [2.05, 4.69) is 31.9 Å². The molecule has 25 heavy (non-hydrogen) atoms. The average Bonchev–Trinajstić information content (AvgIpc) is 2.87. The van der Waals surface area contributed by atoms with Gasteiger partial charge in [-0.15, -0.1) is 6.42 Å². The Morgan fingerprint density at radius 2 is 1.88 bits per heavy atom. The number of terminal acetylenes is 1. The minimum Gasteiger partial charge on any atom is -0.445 e. The van der Waals surface area contributed by atoms with Gasteiger partial charge < -0.3 is 4.74 Å². The van der Waals surface area contributed by atoms with E-state index in [1.165, 1.54) is 39.0 Å². The van der Waals surface area contributed by atoms with E-state index in [1.54, 1.807) is 0 Å². The van der Waals surface area contributed by atoms with Gasteiger partial charge in [0, 0.05) is 12.3 Å². The van der Waals surface area contributed by atoms with Gasteiger partial charge in [0.25, 0.3) is 0 Å². The topological polar surface area (TPSA) is 26.3 Å². The van der Waals surface area contributed by atoms with E-state index in [-0.39, 0.29) is 11.4 Å². The summed E-state index contributed by atoms with van der Waals surface area (Å²) >= 11 is 0. The lowest BCUT2D eigenvalue weighted by Crippen LogP contribution is -2.56. The zero-order valence-electron chi connectivity index (χ0n) is 16.0. The minimum absolute atomic E-state index is 0.0533. The van der Waals surface area contributed by atoms with Crippen molar-refractivity contribution in [1.82, 2.24) is 0 Å². The first kappa shape index (κ1) is 17.2. The molecule has 0 aliphatic heterocycles. The second-order valence-corrected chi connectivity index (χ2v) is 9.63. The van der Waals surface area contributed by atoms with Gasteiger partial charge in [-0.05, 0) is 80.5 Å². The molecule has 0 N–H and O–H groups in total. The predicted octanol–water partition coefficient (Wildman–Crippen LogP) is 5.13. The number of hydrogen-bond donors (Lipinski definition) is 0. The molecular formula is C23H32O2. The fraction of sp³-hybridized carbons (Fsp3) is 0.783. The Bertz CT molecular complexity index is 643. The first-order chi connectivity index (χ1) is 11.9. The molecule has 0 aromatic carbocycles. The molecular weight excluding hydrogens is 308 g/mol. The Kier molecular flexibility index (Phi) is 3.87. The molecule has 0 bridgehead atoms. The van der Waals surface area contributed by atoms with Crippen LogP contribution in [0.15, 0.2) is 12.2 Å². The summed E-state index contributed by atoms with van der Waals surface area (Å²) in [5.41, 5.74) is -0.275. The molecule has 0 unspecified atom stereocenters. The number of allylic oxidation sites excluding steroid dienone is 2. The zero-order chi connectivity index (χ0) is 17.9. The molecule has 3 saturated carbocycles. The molecule has 0 saturated heterocycles. The van der Waals surface area contributed by atoms with Crippen LogP contribution in [0, 0.1) is 46.8 Å². The van der Waals surface area contributed by atoms with Crippen molar-refractivity contribution in [3.8, 4) is 12.3 Å². The molecule has 4 aliphatic carbocycles. The number of carbonyl (C=O) groups is 1. The summed E-state index contributed by atoms with van der Waals surface area (Å²) in [5.74, 6) is 5.74. The Morgan fingerprint density at radius 1 is 1.12 bits per heavy atom. The standard InChI is InChI=1S/C23H32O2/c1-5-23(25-16(2)24)15-12-20-18-10-9-17-8-6-7-13-21(17,3)19(18)11-14-22(20,23)4/h1,6-7,17-20H,8-15H2,2-4H3/t17-,18-,19+,20+,21+,22+,23-/m1/s1. The first-order valence-corrected chi connectivity index (χ1v) is 10.2. The highest BCUT2D eigenvalue weighted by atomic mass is 16.6. The maximum atomic E-state index is 11.8. The third-order valence-electron chi connectivity index (χ3n) is 8.88. The van der Waals surface area contributed by atoms with Crippen LogP contribution in [0.25, 0.3) is 0 Å². The van der Waals surface area contributed by atoms with Crippen molar-refractivity contribution in [2.75, 3.05) is 0 Å². The maximum absolute atomic E-state index is 11.8. The number of carbonyl (C=O) groups excluding carboxylic acids is 1. The van der Waals surface area contributed by atoms with E-state index >= 15 is 0 Å². The van der Waals surface area contributed by atoms with Gasteiger partial charge in [0.15, 0.2) is 5.60 Å². The maximum Gasteiger partial charge on any atom is 0.304 e. The molecule has 4 aliphatic rings. The van der Waals surface area contributed by atoms with Crippen molar-refractivity contribution in [2.45, 2.75) is 77.7 Å². The van der Waals surface area contributed by atoms with Gasteiger partial charge in [-0.3, -0.25) is 4.79 Å². The van der Waals surface area contributed by atoms with E-state index in [1.807, 2.05) is 0 Å². The summed E-state index contributed by atoms with van der Waals surface area (Å²) < 4.78 is 5.85. The summed E-state index contributed by atoms with van der Waals surface area (Å²) in [4.78, 5) is 11.8. The van der Waals surface area contributed by atoms with Crippen molar-refractivity contribution < 1.29 is 9.53 Å². The molecule has 0 heterocycles. The summed E-state index contributed by atoms with van der Waals surface area (Å²) in [6, 6.07) is 0. The Morgan fingerprint density at radius 3 is 2.60 bits per heavy atom. The monoisotopic (exact) mass is 340 g/mol. The van der Waals surface area contributed by atoms with Gasteiger partial charge >= 0.3 is 5.97 Å². The average molecular weight is 341 g/mol. The fourth-order valence-electron chi connectivity index (χ4n) is 7.52. The van der Waals surface area contributed by atoms with Crippen LogP contribution in [0.2, 0.25) is 0 Å². The summed E-state index contributed by atoms with van der Waals surface area (Å²) in [5, 5.41) is 0. The van der Waals surface area contributed by atoms with Crippen molar-refractivity contribution >= 4 is 5.97 Å². The largest absolute Gasteiger partial charge is 0.445 e. The highest BCUT2D eigenvalue weighted by Gasteiger charge is 2.65. The van der Waals surface area contributed by atoms with Gasteiger partial charge in [0.1, 0.15) is 0 Å². The van der Waals surface area contributed by atoms with E-state index in [0.29, 0.717) is 11.3 Å². The van der Waals surface area contributed by atoms with Crippen molar-refractivity contribution in [2.24, 2.45) is 34.5 Å². The van der Waals surface area contributed by atoms with Crippen LogP contribution < -0.4 is 0 Å². The molecule has 0 amide bonds.